The van der Waals surface area contributed by atoms with Gasteiger partial charge in [0.25, 0.3) is 0 Å². The predicted molar refractivity (Wildman–Crippen MR) is 161 cm³/mol. The van der Waals surface area contributed by atoms with Crippen molar-refractivity contribution in [2.75, 3.05) is 19.8 Å². The van der Waals surface area contributed by atoms with E-state index < -0.39 is 0 Å². The summed E-state index contributed by atoms with van der Waals surface area (Å²) in [5.74, 6) is 0. The van der Waals surface area contributed by atoms with Crippen molar-refractivity contribution in [1.29, 1.82) is 0 Å². The maximum absolute atomic E-state index is 6.23. The van der Waals surface area contributed by atoms with Crippen LogP contribution < -0.4 is 5.73 Å². The molecule has 0 aliphatic carbocycles. The van der Waals surface area contributed by atoms with E-state index in [0.717, 1.165) is 26.1 Å². The SMILES string of the molecule is CCCCCCCCCCCCCCOC(CN)C(C)(C)OCCCCCCCCCCCCCC. The molecule has 0 aliphatic heterocycles. The lowest BCUT2D eigenvalue weighted by Crippen LogP contribution is -2.46. The van der Waals surface area contributed by atoms with Crippen LogP contribution in [0.5, 0.6) is 0 Å². The quantitative estimate of drug-likeness (QED) is 0.0975. The third kappa shape index (κ3) is 24.2. The first-order valence-corrected chi connectivity index (χ1v) is 16.5. The van der Waals surface area contributed by atoms with Gasteiger partial charge in [0.05, 0.1) is 11.7 Å². The van der Waals surface area contributed by atoms with Crippen molar-refractivity contribution in [2.45, 2.75) is 193 Å². The fourth-order valence-electron chi connectivity index (χ4n) is 5.09. The molecule has 1 unspecified atom stereocenters. The van der Waals surface area contributed by atoms with E-state index in [-0.39, 0.29) is 11.7 Å². The number of unbranched alkanes of at least 4 members (excludes halogenated alkanes) is 22. The van der Waals surface area contributed by atoms with E-state index in [0.29, 0.717) is 6.54 Å². The predicted octanol–water partition coefficient (Wildman–Crippen LogP) is 10.5. The standard InChI is InChI=1S/C33H69NO2/c1-5-7-9-11-13-15-17-19-21-23-25-27-29-35-32(31-34)33(3,4)36-30-28-26-24-22-20-18-16-14-12-10-8-6-2/h32H,5-31,34H2,1-4H3. The van der Waals surface area contributed by atoms with Gasteiger partial charge in [0.1, 0.15) is 0 Å². The Bertz CT molecular complexity index is 412. The lowest BCUT2D eigenvalue weighted by Gasteiger charge is -2.33. The summed E-state index contributed by atoms with van der Waals surface area (Å²) >= 11 is 0. The van der Waals surface area contributed by atoms with Gasteiger partial charge < -0.3 is 15.2 Å². The third-order valence-corrected chi connectivity index (χ3v) is 7.78. The van der Waals surface area contributed by atoms with Gasteiger partial charge in [-0.25, -0.2) is 0 Å². The second kappa shape index (κ2) is 27.9. The van der Waals surface area contributed by atoms with E-state index in [9.17, 15) is 0 Å². The average molecular weight is 512 g/mol. The number of ether oxygens (including phenoxy) is 2. The normalized spacial score (nSPS) is 12.9. The van der Waals surface area contributed by atoms with Crippen LogP contribution in [-0.2, 0) is 9.47 Å². The Morgan fingerprint density at radius 2 is 0.778 bits per heavy atom. The van der Waals surface area contributed by atoms with Crippen LogP contribution in [0.3, 0.4) is 0 Å². The second-order valence-electron chi connectivity index (χ2n) is 11.8. The number of hydrogen-bond acceptors (Lipinski definition) is 3. The van der Waals surface area contributed by atoms with Gasteiger partial charge >= 0.3 is 0 Å². The monoisotopic (exact) mass is 512 g/mol. The fourth-order valence-corrected chi connectivity index (χ4v) is 5.09. The molecule has 3 nitrogen and oxygen atoms in total. The van der Waals surface area contributed by atoms with Crippen molar-refractivity contribution < 1.29 is 9.47 Å². The van der Waals surface area contributed by atoms with Crippen molar-refractivity contribution in [2.24, 2.45) is 5.73 Å². The molecule has 0 amide bonds. The van der Waals surface area contributed by atoms with Gasteiger partial charge in [-0.3, -0.25) is 0 Å². The van der Waals surface area contributed by atoms with Gasteiger partial charge in [-0.05, 0) is 26.7 Å². The van der Waals surface area contributed by atoms with Crippen LogP contribution in [0.1, 0.15) is 182 Å². The van der Waals surface area contributed by atoms with Crippen molar-refractivity contribution in [3.05, 3.63) is 0 Å². The van der Waals surface area contributed by atoms with E-state index in [2.05, 4.69) is 27.7 Å². The summed E-state index contributed by atoms with van der Waals surface area (Å²) in [6.45, 7) is 11.0. The van der Waals surface area contributed by atoms with E-state index in [4.69, 9.17) is 15.2 Å². The molecule has 0 aliphatic rings. The van der Waals surface area contributed by atoms with Crippen LogP contribution in [0.15, 0.2) is 0 Å². The number of rotatable bonds is 30. The van der Waals surface area contributed by atoms with Gasteiger partial charge in [0, 0.05) is 19.8 Å². The Labute approximate surface area is 228 Å². The molecule has 0 aromatic heterocycles. The molecule has 0 spiro atoms. The molecule has 36 heavy (non-hydrogen) atoms. The molecule has 0 rings (SSSR count). The minimum atomic E-state index is -0.302. The van der Waals surface area contributed by atoms with Crippen molar-refractivity contribution in [1.82, 2.24) is 0 Å². The molecule has 0 saturated heterocycles. The summed E-state index contributed by atoms with van der Waals surface area (Å²) < 4.78 is 12.4. The highest BCUT2D eigenvalue weighted by Gasteiger charge is 2.30. The zero-order valence-electron chi connectivity index (χ0n) is 25.6. The van der Waals surface area contributed by atoms with E-state index >= 15 is 0 Å². The Kier molecular flexibility index (Phi) is 27.8. The summed E-state index contributed by atoms with van der Waals surface area (Å²) in [7, 11) is 0. The Morgan fingerprint density at radius 1 is 0.472 bits per heavy atom. The largest absolute Gasteiger partial charge is 0.374 e. The lowest BCUT2D eigenvalue weighted by atomic mass is 10.0. The van der Waals surface area contributed by atoms with Gasteiger partial charge in [-0.1, -0.05) is 155 Å². The maximum atomic E-state index is 6.23. The maximum Gasteiger partial charge on any atom is 0.0980 e. The Balaban J connectivity index is 3.57. The molecule has 2 N–H and O–H groups in total. The third-order valence-electron chi connectivity index (χ3n) is 7.78. The fraction of sp³-hybridized carbons (Fsp3) is 1.00. The van der Waals surface area contributed by atoms with E-state index in [1.165, 1.54) is 141 Å². The van der Waals surface area contributed by atoms with Crippen LogP contribution in [0, 0.1) is 0 Å². The van der Waals surface area contributed by atoms with Crippen LogP contribution in [0.2, 0.25) is 0 Å². The van der Waals surface area contributed by atoms with Crippen LogP contribution in [0.4, 0.5) is 0 Å². The van der Waals surface area contributed by atoms with Gasteiger partial charge in [-0.15, -0.1) is 0 Å². The highest BCUT2D eigenvalue weighted by molar-refractivity contribution is 4.81. The molecule has 0 radical (unpaired) electrons. The Hall–Kier alpha value is -0.120. The van der Waals surface area contributed by atoms with Crippen molar-refractivity contribution in [3.63, 3.8) is 0 Å². The molecule has 0 saturated carbocycles. The zero-order chi connectivity index (χ0) is 26.6. The van der Waals surface area contributed by atoms with Crippen molar-refractivity contribution in [3.8, 4) is 0 Å². The lowest BCUT2D eigenvalue weighted by molar-refractivity contribution is -0.124. The molecule has 0 aromatic carbocycles. The smallest absolute Gasteiger partial charge is 0.0980 e. The first-order valence-electron chi connectivity index (χ1n) is 16.5. The number of nitrogens with two attached hydrogens (primary N) is 1. The first kappa shape index (κ1) is 35.9. The van der Waals surface area contributed by atoms with Crippen LogP contribution in [0.25, 0.3) is 0 Å². The molecule has 0 heterocycles. The van der Waals surface area contributed by atoms with Crippen LogP contribution >= 0.6 is 0 Å². The minimum absolute atomic E-state index is 0.0115. The van der Waals surface area contributed by atoms with Gasteiger partial charge in [0.15, 0.2) is 0 Å². The summed E-state index contributed by atoms with van der Waals surface area (Å²) in [6.07, 6.45) is 32.9. The minimum Gasteiger partial charge on any atom is -0.374 e. The summed E-state index contributed by atoms with van der Waals surface area (Å²) in [4.78, 5) is 0. The summed E-state index contributed by atoms with van der Waals surface area (Å²) in [5.41, 5.74) is 5.74. The Morgan fingerprint density at radius 3 is 1.11 bits per heavy atom. The van der Waals surface area contributed by atoms with Gasteiger partial charge in [-0.2, -0.15) is 0 Å². The molecule has 1 atom stereocenters. The summed E-state index contributed by atoms with van der Waals surface area (Å²) in [5, 5.41) is 0. The van der Waals surface area contributed by atoms with Crippen molar-refractivity contribution >= 4 is 0 Å². The van der Waals surface area contributed by atoms with Crippen LogP contribution in [-0.4, -0.2) is 31.5 Å². The average Bonchev–Trinajstić information content (AvgIpc) is 2.87. The topological polar surface area (TPSA) is 44.5 Å². The molecular formula is C33H69NO2. The molecule has 0 bridgehead atoms. The second-order valence-corrected chi connectivity index (χ2v) is 11.8. The van der Waals surface area contributed by atoms with Gasteiger partial charge in [0.2, 0.25) is 0 Å². The zero-order valence-corrected chi connectivity index (χ0v) is 25.6. The molecule has 0 aromatic rings. The summed E-state index contributed by atoms with van der Waals surface area (Å²) in [6, 6.07) is 0. The molecule has 0 fully saturated rings. The van der Waals surface area contributed by atoms with E-state index in [1.54, 1.807) is 0 Å². The highest BCUT2D eigenvalue weighted by atomic mass is 16.5. The van der Waals surface area contributed by atoms with E-state index in [1.807, 2.05) is 0 Å². The molecular weight excluding hydrogens is 442 g/mol. The molecule has 3 heteroatoms. The molecule has 218 valence electrons. The number of hydrogen-bond donors (Lipinski definition) is 1. The highest BCUT2D eigenvalue weighted by Crippen LogP contribution is 2.20. The first-order chi connectivity index (χ1) is 17.6.